The van der Waals surface area contributed by atoms with Gasteiger partial charge >= 0.3 is 11.9 Å². The molecule has 4 nitrogen and oxygen atoms in total. The van der Waals surface area contributed by atoms with Gasteiger partial charge in [0.2, 0.25) is 0 Å². The third kappa shape index (κ3) is 6.57. The molecule has 0 N–H and O–H groups in total. The molecule has 0 aliphatic carbocycles. The number of aryl methyl sites for hydroxylation is 1. The molecular weight excluding hydrogens is 280 g/mol. The summed E-state index contributed by atoms with van der Waals surface area (Å²) in [5.41, 5.74) is 3.13. The zero-order valence-corrected chi connectivity index (χ0v) is 13.8. The lowest BCUT2D eigenvalue weighted by molar-refractivity contribution is -0.142. The van der Waals surface area contributed by atoms with Crippen LogP contribution in [-0.4, -0.2) is 18.5 Å². The van der Waals surface area contributed by atoms with Gasteiger partial charge in [-0.2, -0.15) is 0 Å². The lowest BCUT2D eigenvalue weighted by atomic mass is 10.1. The van der Waals surface area contributed by atoms with Crippen LogP contribution < -0.4 is 4.74 Å². The monoisotopic (exact) mass is 304 g/mol. The van der Waals surface area contributed by atoms with Gasteiger partial charge in [0, 0.05) is 12.8 Å². The first-order valence-electron chi connectivity index (χ1n) is 7.46. The summed E-state index contributed by atoms with van der Waals surface area (Å²) in [4.78, 5) is 23.2. The number of ether oxygens (including phenoxy) is 2. The topological polar surface area (TPSA) is 52.6 Å². The molecule has 0 aromatic heterocycles. The van der Waals surface area contributed by atoms with E-state index >= 15 is 0 Å². The fourth-order valence-electron chi connectivity index (χ4n) is 1.76. The summed E-state index contributed by atoms with van der Waals surface area (Å²) in [7, 11) is 0. The van der Waals surface area contributed by atoms with Crippen LogP contribution in [0.5, 0.6) is 5.75 Å². The normalized spacial score (nSPS) is 10.0. The number of carbonyl (C=O) groups is 2. The lowest BCUT2D eigenvalue weighted by Gasteiger charge is -2.09. The zero-order chi connectivity index (χ0) is 16.5. The van der Waals surface area contributed by atoms with Crippen LogP contribution in [0.3, 0.4) is 0 Å². The Morgan fingerprint density at radius 3 is 2.45 bits per heavy atom. The number of rotatable bonds is 7. The van der Waals surface area contributed by atoms with Crippen LogP contribution in [-0.2, 0) is 14.3 Å². The van der Waals surface area contributed by atoms with Gasteiger partial charge in [0.05, 0.1) is 0 Å². The molecule has 1 aromatic carbocycles. The van der Waals surface area contributed by atoms with Crippen molar-refractivity contribution in [3.05, 3.63) is 41.0 Å². The molecule has 1 aromatic rings. The Bertz CT molecular complexity index is 554. The van der Waals surface area contributed by atoms with E-state index in [0.717, 1.165) is 16.7 Å². The van der Waals surface area contributed by atoms with E-state index in [4.69, 9.17) is 9.47 Å². The van der Waals surface area contributed by atoms with Crippen LogP contribution in [0.15, 0.2) is 29.8 Å². The molecule has 1 rings (SSSR count). The molecule has 0 heterocycles. The van der Waals surface area contributed by atoms with Crippen molar-refractivity contribution in [2.45, 2.75) is 47.0 Å². The molecule has 0 fully saturated rings. The van der Waals surface area contributed by atoms with Gasteiger partial charge in [-0.3, -0.25) is 9.59 Å². The standard InChI is InChI=1S/C18H24O4/c1-13(2)11-12-21-17(19)9-6-10-18(20)22-16-8-5-7-14(3)15(16)4/h5,7-8,11H,6,9-10,12H2,1-4H3. The van der Waals surface area contributed by atoms with Crippen molar-refractivity contribution in [1.29, 1.82) is 0 Å². The number of benzene rings is 1. The molecule has 0 unspecified atom stereocenters. The van der Waals surface area contributed by atoms with Crippen molar-refractivity contribution in [1.82, 2.24) is 0 Å². The second-order valence-corrected chi connectivity index (χ2v) is 5.49. The summed E-state index contributed by atoms with van der Waals surface area (Å²) >= 11 is 0. The average molecular weight is 304 g/mol. The third-order valence-electron chi connectivity index (χ3n) is 3.28. The maximum atomic E-state index is 11.8. The minimum atomic E-state index is -0.328. The third-order valence-corrected chi connectivity index (χ3v) is 3.28. The van der Waals surface area contributed by atoms with Crippen LogP contribution in [0, 0.1) is 13.8 Å². The Morgan fingerprint density at radius 1 is 1.09 bits per heavy atom. The van der Waals surface area contributed by atoms with Crippen molar-refractivity contribution in [2.24, 2.45) is 0 Å². The Balaban J connectivity index is 2.30. The van der Waals surface area contributed by atoms with E-state index < -0.39 is 0 Å². The van der Waals surface area contributed by atoms with Gasteiger partial charge in [0.15, 0.2) is 0 Å². The number of allylic oxidation sites excluding steroid dienone is 1. The Labute approximate surface area is 132 Å². The molecule has 0 radical (unpaired) electrons. The highest BCUT2D eigenvalue weighted by atomic mass is 16.5. The van der Waals surface area contributed by atoms with Crippen LogP contribution >= 0.6 is 0 Å². The first-order chi connectivity index (χ1) is 10.4. The Hall–Kier alpha value is -2.10. The number of esters is 2. The molecule has 22 heavy (non-hydrogen) atoms. The number of hydrogen-bond donors (Lipinski definition) is 0. The summed E-state index contributed by atoms with van der Waals surface area (Å²) in [5.74, 6) is -0.0426. The maximum absolute atomic E-state index is 11.8. The molecule has 0 spiro atoms. The lowest BCUT2D eigenvalue weighted by Crippen LogP contribution is -2.11. The Kier molecular flexibility index (Phi) is 7.37. The van der Waals surface area contributed by atoms with Gasteiger partial charge in [-0.15, -0.1) is 0 Å². The molecule has 120 valence electrons. The van der Waals surface area contributed by atoms with Crippen molar-refractivity contribution in [3.8, 4) is 5.75 Å². The van der Waals surface area contributed by atoms with Crippen molar-refractivity contribution in [2.75, 3.05) is 6.61 Å². The van der Waals surface area contributed by atoms with Crippen LogP contribution in [0.25, 0.3) is 0 Å². The highest BCUT2D eigenvalue weighted by Crippen LogP contribution is 2.21. The predicted molar refractivity (Wildman–Crippen MR) is 85.8 cm³/mol. The van der Waals surface area contributed by atoms with Gasteiger partial charge in [-0.1, -0.05) is 17.7 Å². The largest absolute Gasteiger partial charge is 0.461 e. The smallest absolute Gasteiger partial charge is 0.311 e. The van der Waals surface area contributed by atoms with Gasteiger partial charge in [0.25, 0.3) is 0 Å². The highest BCUT2D eigenvalue weighted by Gasteiger charge is 2.10. The minimum Gasteiger partial charge on any atom is -0.461 e. The fourth-order valence-corrected chi connectivity index (χ4v) is 1.76. The number of hydrogen-bond acceptors (Lipinski definition) is 4. The zero-order valence-electron chi connectivity index (χ0n) is 13.8. The Morgan fingerprint density at radius 2 is 1.77 bits per heavy atom. The minimum absolute atomic E-state index is 0.200. The van der Waals surface area contributed by atoms with Crippen molar-refractivity contribution >= 4 is 11.9 Å². The van der Waals surface area contributed by atoms with Gasteiger partial charge in [-0.05, 0) is 57.4 Å². The van der Waals surface area contributed by atoms with Gasteiger partial charge < -0.3 is 9.47 Å². The molecule has 0 atom stereocenters. The molecule has 0 saturated carbocycles. The van der Waals surface area contributed by atoms with E-state index in [1.54, 1.807) is 6.07 Å². The van der Waals surface area contributed by atoms with E-state index in [-0.39, 0.29) is 31.4 Å². The van der Waals surface area contributed by atoms with E-state index in [1.165, 1.54) is 0 Å². The van der Waals surface area contributed by atoms with E-state index in [2.05, 4.69) is 0 Å². The van der Waals surface area contributed by atoms with Crippen LogP contribution in [0.4, 0.5) is 0 Å². The van der Waals surface area contributed by atoms with Crippen molar-refractivity contribution < 1.29 is 19.1 Å². The quantitative estimate of drug-likeness (QED) is 0.436. The number of carbonyl (C=O) groups excluding carboxylic acids is 2. The first-order valence-corrected chi connectivity index (χ1v) is 7.46. The summed E-state index contributed by atoms with van der Waals surface area (Å²) in [6.45, 7) is 8.05. The molecule has 0 bridgehead atoms. The second-order valence-electron chi connectivity index (χ2n) is 5.49. The average Bonchev–Trinajstić information content (AvgIpc) is 2.43. The van der Waals surface area contributed by atoms with E-state index in [0.29, 0.717) is 12.2 Å². The van der Waals surface area contributed by atoms with Gasteiger partial charge in [-0.25, -0.2) is 0 Å². The molecule has 0 saturated heterocycles. The summed E-state index contributed by atoms with van der Waals surface area (Å²) < 4.78 is 10.3. The maximum Gasteiger partial charge on any atom is 0.311 e. The fraction of sp³-hybridized carbons (Fsp3) is 0.444. The summed E-state index contributed by atoms with van der Waals surface area (Å²) in [6.07, 6.45) is 2.69. The van der Waals surface area contributed by atoms with Gasteiger partial charge in [0.1, 0.15) is 12.4 Å². The van der Waals surface area contributed by atoms with E-state index in [9.17, 15) is 9.59 Å². The molecular formula is C18H24O4. The summed E-state index contributed by atoms with van der Waals surface area (Å²) in [6, 6.07) is 5.59. The molecule has 0 aliphatic heterocycles. The van der Waals surface area contributed by atoms with Crippen LogP contribution in [0.1, 0.15) is 44.2 Å². The van der Waals surface area contributed by atoms with Crippen LogP contribution in [0.2, 0.25) is 0 Å². The molecule has 0 amide bonds. The molecule has 0 aliphatic rings. The molecule has 4 heteroatoms. The second kappa shape index (κ2) is 9.03. The summed E-state index contributed by atoms with van der Waals surface area (Å²) in [5, 5.41) is 0. The predicted octanol–water partition coefficient (Wildman–Crippen LogP) is 3.89. The SMILES string of the molecule is CC(C)=CCOC(=O)CCCC(=O)Oc1cccc(C)c1C. The first kappa shape index (κ1) is 18.0. The van der Waals surface area contributed by atoms with E-state index in [1.807, 2.05) is 45.9 Å². The van der Waals surface area contributed by atoms with Crippen molar-refractivity contribution in [3.63, 3.8) is 0 Å². The highest BCUT2D eigenvalue weighted by molar-refractivity contribution is 5.74.